The quantitative estimate of drug-likeness (QED) is 0.761. The maximum absolute atomic E-state index is 10.4. The van der Waals surface area contributed by atoms with Gasteiger partial charge in [-0.05, 0) is 17.7 Å². The summed E-state index contributed by atoms with van der Waals surface area (Å²) in [6, 6.07) is 7.77. The zero-order chi connectivity index (χ0) is 9.97. The number of aldehydes is 1. The summed E-state index contributed by atoms with van der Waals surface area (Å²) in [5, 5.41) is 0. The second-order valence-electron chi connectivity index (χ2n) is 3.01. The Hall–Kier alpha value is -0.710. The first-order valence-corrected chi connectivity index (χ1v) is 5.07. The van der Waals surface area contributed by atoms with Gasteiger partial charge in [-0.1, -0.05) is 28.1 Å². The second kappa shape index (κ2) is 4.21. The summed E-state index contributed by atoms with van der Waals surface area (Å²) in [7, 11) is 0. The van der Waals surface area contributed by atoms with E-state index >= 15 is 0 Å². The number of carbonyl (C=O) groups excluding carboxylic acids is 1. The highest BCUT2D eigenvalue weighted by Gasteiger charge is 2.26. The summed E-state index contributed by atoms with van der Waals surface area (Å²) in [4.78, 5) is 10.4. The van der Waals surface area contributed by atoms with Gasteiger partial charge in [-0.2, -0.15) is 0 Å². The Morgan fingerprint density at radius 3 is 2.64 bits per heavy atom. The topological polar surface area (TPSA) is 35.5 Å². The third-order valence-electron chi connectivity index (χ3n) is 2.06. The summed E-state index contributed by atoms with van der Waals surface area (Å²) in [6.07, 6.45) is -0.166. The van der Waals surface area contributed by atoms with Crippen LogP contribution in [0.2, 0.25) is 0 Å². The Labute approximate surface area is 90.1 Å². The van der Waals surface area contributed by atoms with E-state index in [0.717, 1.165) is 10.0 Å². The third-order valence-corrected chi connectivity index (χ3v) is 2.59. The van der Waals surface area contributed by atoms with Crippen LogP contribution in [0, 0.1) is 0 Å². The molecular weight excluding hydrogens is 248 g/mol. The van der Waals surface area contributed by atoms with Crippen LogP contribution >= 0.6 is 15.9 Å². The number of ether oxygens (including phenoxy) is 2. The van der Waals surface area contributed by atoms with Crippen LogP contribution in [0.15, 0.2) is 28.7 Å². The van der Waals surface area contributed by atoms with Crippen molar-refractivity contribution in [3.63, 3.8) is 0 Å². The lowest BCUT2D eigenvalue weighted by atomic mass is 10.1. The van der Waals surface area contributed by atoms with Crippen molar-refractivity contribution in [3.05, 3.63) is 34.3 Å². The van der Waals surface area contributed by atoms with Crippen molar-refractivity contribution in [2.24, 2.45) is 0 Å². The molecule has 0 bridgehead atoms. The van der Waals surface area contributed by atoms with Gasteiger partial charge in [-0.25, -0.2) is 0 Å². The first-order chi connectivity index (χ1) is 6.79. The standard InChI is InChI=1S/C10H9BrO3/c11-8-3-1-7(2-4-8)9-6-13-10(5-12)14-9/h1-5,9-10H,6H2. The first-order valence-electron chi connectivity index (χ1n) is 4.27. The van der Waals surface area contributed by atoms with E-state index in [1.807, 2.05) is 24.3 Å². The number of carbonyl (C=O) groups is 1. The van der Waals surface area contributed by atoms with Crippen LogP contribution in [0.3, 0.4) is 0 Å². The normalized spacial score (nSPS) is 26.4. The number of halogens is 1. The molecule has 1 aliphatic rings. The van der Waals surface area contributed by atoms with Gasteiger partial charge in [0.1, 0.15) is 6.10 Å². The molecule has 2 atom stereocenters. The van der Waals surface area contributed by atoms with Crippen LogP contribution < -0.4 is 0 Å². The minimum absolute atomic E-state index is 0.127. The van der Waals surface area contributed by atoms with Crippen LogP contribution in [0.4, 0.5) is 0 Å². The van der Waals surface area contributed by atoms with Gasteiger partial charge in [0.15, 0.2) is 6.29 Å². The lowest BCUT2D eigenvalue weighted by Gasteiger charge is -2.07. The molecule has 0 spiro atoms. The first kappa shape index (κ1) is 9.83. The third kappa shape index (κ3) is 2.03. The van der Waals surface area contributed by atoms with E-state index in [9.17, 15) is 4.79 Å². The number of rotatable bonds is 2. The Morgan fingerprint density at radius 1 is 1.36 bits per heavy atom. The minimum atomic E-state index is -0.705. The molecule has 0 radical (unpaired) electrons. The van der Waals surface area contributed by atoms with Gasteiger partial charge in [0.05, 0.1) is 6.61 Å². The highest BCUT2D eigenvalue weighted by Crippen LogP contribution is 2.26. The smallest absolute Gasteiger partial charge is 0.215 e. The van der Waals surface area contributed by atoms with E-state index < -0.39 is 6.29 Å². The van der Waals surface area contributed by atoms with E-state index in [1.165, 1.54) is 0 Å². The monoisotopic (exact) mass is 256 g/mol. The molecule has 14 heavy (non-hydrogen) atoms. The summed E-state index contributed by atoms with van der Waals surface area (Å²) in [5.41, 5.74) is 1.03. The van der Waals surface area contributed by atoms with E-state index in [2.05, 4.69) is 15.9 Å². The van der Waals surface area contributed by atoms with Gasteiger partial charge in [-0.15, -0.1) is 0 Å². The molecule has 1 aliphatic heterocycles. The maximum Gasteiger partial charge on any atom is 0.215 e. The molecule has 0 amide bonds. The molecule has 1 aromatic rings. The zero-order valence-corrected chi connectivity index (χ0v) is 8.94. The largest absolute Gasteiger partial charge is 0.343 e. The van der Waals surface area contributed by atoms with Gasteiger partial charge in [0.2, 0.25) is 6.29 Å². The fourth-order valence-electron chi connectivity index (χ4n) is 1.35. The van der Waals surface area contributed by atoms with E-state index in [4.69, 9.17) is 9.47 Å². The zero-order valence-electron chi connectivity index (χ0n) is 7.35. The predicted octanol–water partition coefficient (Wildman–Crippen LogP) is 2.06. The predicted molar refractivity (Wildman–Crippen MR) is 53.8 cm³/mol. The molecule has 3 nitrogen and oxygen atoms in total. The molecule has 1 saturated heterocycles. The summed E-state index contributed by atoms with van der Waals surface area (Å²) in [5.74, 6) is 0. The van der Waals surface area contributed by atoms with Crippen molar-refractivity contribution in [2.75, 3.05) is 6.61 Å². The molecule has 0 aromatic heterocycles. The summed E-state index contributed by atoms with van der Waals surface area (Å²) in [6.45, 7) is 0.436. The molecule has 0 N–H and O–H groups in total. The van der Waals surface area contributed by atoms with Crippen LogP contribution in [0.5, 0.6) is 0 Å². The minimum Gasteiger partial charge on any atom is -0.343 e. The maximum atomic E-state index is 10.4. The molecule has 74 valence electrons. The van der Waals surface area contributed by atoms with Crippen LogP contribution in [0.25, 0.3) is 0 Å². The Balaban J connectivity index is 2.09. The molecule has 2 rings (SSSR count). The van der Waals surface area contributed by atoms with Crippen molar-refractivity contribution >= 4 is 22.2 Å². The highest BCUT2D eigenvalue weighted by atomic mass is 79.9. The SMILES string of the molecule is O=CC1OCC(c2ccc(Br)cc2)O1. The van der Waals surface area contributed by atoms with Crippen LogP contribution in [-0.2, 0) is 14.3 Å². The number of hydrogen-bond acceptors (Lipinski definition) is 3. The van der Waals surface area contributed by atoms with Crippen LogP contribution in [0.1, 0.15) is 11.7 Å². The summed E-state index contributed by atoms with van der Waals surface area (Å²) >= 11 is 3.35. The molecule has 0 aliphatic carbocycles. The lowest BCUT2D eigenvalue weighted by Crippen LogP contribution is -2.08. The number of benzene rings is 1. The van der Waals surface area contributed by atoms with Gasteiger partial charge in [0.25, 0.3) is 0 Å². The molecule has 1 aromatic carbocycles. The van der Waals surface area contributed by atoms with Crippen molar-refractivity contribution in [2.45, 2.75) is 12.4 Å². The second-order valence-corrected chi connectivity index (χ2v) is 3.93. The molecule has 1 heterocycles. The Kier molecular flexibility index (Phi) is 2.96. The van der Waals surface area contributed by atoms with Gasteiger partial charge in [-0.3, -0.25) is 4.79 Å². The van der Waals surface area contributed by atoms with Crippen molar-refractivity contribution in [1.82, 2.24) is 0 Å². The van der Waals surface area contributed by atoms with Crippen molar-refractivity contribution < 1.29 is 14.3 Å². The molecule has 0 saturated carbocycles. The van der Waals surface area contributed by atoms with Gasteiger partial charge >= 0.3 is 0 Å². The fraction of sp³-hybridized carbons (Fsp3) is 0.300. The van der Waals surface area contributed by atoms with Crippen LogP contribution in [-0.4, -0.2) is 19.2 Å². The average Bonchev–Trinajstić information content (AvgIpc) is 2.67. The molecule has 2 unspecified atom stereocenters. The van der Waals surface area contributed by atoms with Crippen molar-refractivity contribution in [3.8, 4) is 0 Å². The van der Waals surface area contributed by atoms with Crippen molar-refractivity contribution in [1.29, 1.82) is 0 Å². The lowest BCUT2D eigenvalue weighted by molar-refractivity contribution is -0.133. The highest BCUT2D eigenvalue weighted by molar-refractivity contribution is 9.10. The Morgan fingerprint density at radius 2 is 2.07 bits per heavy atom. The molecule has 1 fully saturated rings. The average molecular weight is 257 g/mol. The summed E-state index contributed by atoms with van der Waals surface area (Å²) < 4.78 is 11.4. The molecular formula is C10H9BrO3. The van der Waals surface area contributed by atoms with Gasteiger partial charge < -0.3 is 9.47 Å². The molecule has 4 heteroatoms. The van der Waals surface area contributed by atoms with E-state index in [0.29, 0.717) is 12.9 Å². The van der Waals surface area contributed by atoms with Gasteiger partial charge in [0, 0.05) is 4.47 Å². The fourth-order valence-corrected chi connectivity index (χ4v) is 1.61. The van der Waals surface area contributed by atoms with E-state index in [-0.39, 0.29) is 6.10 Å². The number of hydrogen-bond donors (Lipinski definition) is 0. The van der Waals surface area contributed by atoms with E-state index in [1.54, 1.807) is 0 Å². The Bertz CT molecular complexity index is 323.